The Bertz CT molecular complexity index is 830. The average Bonchev–Trinajstić information content (AvgIpc) is 3.54. The van der Waals surface area contributed by atoms with E-state index in [-0.39, 0.29) is 35.9 Å². The Morgan fingerprint density at radius 3 is 2.93 bits per heavy atom. The third-order valence-electron chi connectivity index (χ3n) is 5.70. The summed E-state index contributed by atoms with van der Waals surface area (Å²) in [6.45, 7) is 2.26. The van der Waals surface area contributed by atoms with Crippen LogP contribution in [0.25, 0.3) is 11.6 Å². The van der Waals surface area contributed by atoms with E-state index in [0.29, 0.717) is 30.5 Å². The molecule has 1 unspecified atom stereocenters. The number of aliphatic imine (C=N–C) groups is 1. The standard InChI is InChI=1S/C20H29N7O2.HI/c1-21-20(22-10-8-17-24-18(26-25-17)16-7-4-12-29-16)23-15-9-11-27(13-15)19(28)14-5-2-3-6-14;/h4,7,12,14-15H,2-3,5-6,8-11,13H2,1H3,(H2,21,22,23)(H,24,25,26);1H. The number of rotatable bonds is 6. The second-order valence-electron chi connectivity index (χ2n) is 7.73. The predicted octanol–water partition coefficient (Wildman–Crippen LogP) is 2.18. The molecule has 1 aliphatic carbocycles. The van der Waals surface area contributed by atoms with Crippen LogP contribution in [0.4, 0.5) is 0 Å². The second-order valence-corrected chi connectivity index (χ2v) is 7.73. The smallest absolute Gasteiger partial charge is 0.225 e. The minimum Gasteiger partial charge on any atom is -0.461 e. The van der Waals surface area contributed by atoms with E-state index in [1.54, 1.807) is 13.3 Å². The summed E-state index contributed by atoms with van der Waals surface area (Å²) < 4.78 is 5.31. The van der Waals surface area contributed by atoms with Crippen molar-refractivity contribution in [2.45, 2.75) is 44.6 Å². The molecule has 0 aromatic carbocycles. The number of carbonyl (C=O) groups excluding carboxylic acids is 1. The van der Waals surface area contributed by atoms with Crippen LogP contribution in [-0.2, 0) is 11.2 Å². The maximum absolute atomic E-state index is 12.6. The minimum absolute atomic E-state index is 0. The van der Waals surface area contributed by atoms with Gasteiger partial charge in [0.05, 0.1) is 6.26 Å². The van der Waals surface area contributed by atoms with E-state index < -0.39 is 0 Å². The van der Waals surface area contributed by atoms with Crippen LogP contribution in [0.1, 0.15) is 37.9 Å². The number of furan rings is 1. The Morgan fingerprint density at radius 2 is 2.20 bits per heavy atom. The highest BCUT2D eigenvalue weighted by Crippen LogP contribution is 2.27. The highest BCUT2D eigenvalue weighted by molar-refractivity contribution is 14.0. The zero-order chi connectivity index (χ0) is 20.1. The number of hydrogen-bond acceptors (Lipinski definition) is 5. The molecule has 4 rings (SSSR count). The second kappa shape index (κ2) is 10.8. The first-order chi connectivity index (χ1) is 14.2. The molecule has 1 amide bonds. The summed E-state index contributed by atoms with van der Waals surface area (Å²) in [5.74, 6) is 3.33. The normalized spacial score (nSPS) is 19.7. The number of halogens is 1. The van der Waals surface area contributed by atoms with Gasteiger partial charge in [0.1, 0.15) is 5.82 Å². The number of aromatic amines is 1. The quantitative estimate of drug-likeness (QED) is 0.302. The first-order valence-corrected chi connectivity index (χ1v) is 10.4. The largest absolute Gasteiger partial charge is 0.461 e. The van der Waals surface area contributed by atoms with Crippen LogP contribution in [0.3, 0.4) is 0 Å². The number of H-pyrrole nitrogens is 1. The van der Waals surface area contributed by atoms with E-state index in [2.05, 4.69) is 30.8 Å². The van der Waals surface area contributed by atoms with E-state index >= 15 is 0 Å². The number of amides is 1. The van der Waals surface area contributed by atoms with Crippen molar-refractivity contribution in [1.29, 1.82) is 0 Å². The fourth-order valence-corrected chi connectivity index (χ4v) is 4.12. The van der Waals surface area contributed by atoms with Crippen molar-refractivity contribution in [3.8, 4) is 11.6 Å². The predicted molar refractivity (Wildman–Crippen MR) is 125 cm³/mol. The Kier molecular flexibility index (Phi) is 8.11. The molecule has 0 radical (unpaired) electrons. The van der Waals surface area contributed by atoms with E-state index in [1.165, 1.54) is 12.8 Å². The van der Waals surface area contributed by atoms with Crippen molar-refractivity contribution < 1.29 is 9.21 Å². The summed E-state index contributed by atoms with van der Waals surface area (Å²) in [5.41, 5.74) is 0. The van der Waals surface area contributed by atoms with Crippen molar-refractivity contribution in [2.24, 2.45) is 10.9 Å². The van der Waals surface area contributed by atoms with Crippen molar-refractivity contribution in [1.82, 2.24) is 30.7 Å². The Hall–Kier alpha value is -2.11. The number of carbonyl (C=O) groups is 1. The lowest BCUT2D eigenvalue weighted by atomic mass is 10.1. The molecule has 9 nitrogen and oxygen atoms in total. The topological polar surface area (TPSA) is 111 Å². The van der Waals surface area contributed by atoms with Crippen LogP contribution >= 0.6 is 24.0 Å². The minimum atomic E-state index is 0. The van der Waals surface area contributed by atoms with Crippen LogP contribution < -0.4 is 10.6 Å². The lowest BCUT2D eigenvalue weighted by Gasteiger charge is -2.21. The Labute approximate surface area is 193 Å². The number of nitrogens with zero attached hydrogens (tertiary/aromatic N) is 4. The Morgan fingerprint density at radius 1 is 1.37 bits per heavy atom. The van der Waals surface area contributed by atoms with Crippen molar-refractivity contribution in [3.05, 3.63) is 24.2 Å². The zero-order valence-corrected chi connectivity index (χ0v) is 19.6. The molecule has 1 saturated carbocycles. The third kappa shape index (κ3) is 5.52. The van der Waals surface area contributed by atoms with Crippen molar-refractivity contribution >= 4 is 35.8 Å². The van der Waals surface area contributed by atoms with E-state index in [0.717, 1.165) is 44.1 Å². The number of aromatic nitrogens is 3. The van der Waals surface area contributed by atoms with Crippen molar-refractivity contribution in [2.75, 3.05) is 26.7 Å². The summed E-state index contributed by atoms with van der Waals surface area (Å²) in [4.78, 5) is 23.4. The molecule has 1 aliphatic heterocycles. The van der Waals surface area contributed by atoms with Gasteiger partial charge in [0, 0.05) is 45.1 Å². The van der Waals surface area contributed by atoms with Crippen LogP contribution in [0.15, 0.2) is 27.8 Å². The van der Waals surface area contributed by atoms with E-state index in [9.17, 15) is 4.79 Å². The molecule has 10 heteroatoms. The molecule has 30 heavy (non-hydrogen) atoms. The monoisotopic (exact) mass is 527 g/mol. The number of nitrogens with one attached hydrogen (secondary N) is 3. The van der Waals surface area contributed by atoms with Gasteiger partial charge in [-0.2, -0.15) is 5.10 Å². The molecule has 1 atom stereocenters. The number of hydrogen-bond donors (Lipinski definition) is 3. The first kappa shape index (κ1) is 22.6. The molecule has 0 bridgehead atoms. The third-order valence-corrected chi connectivity index (χ3v) is 5.70. The van der Waals surface area contributed by atoms with Gasteiger partial charge in [-0.3, -0.25) is 14.9 Å². The summed E-state index contributed by atoms with van der Waals surface area (Å²) in [6.07, 6.45) is 7.74. The van der Waals surface area contributed by atoms with Gasteiger partial charge in [0.25, 0.3) is 0 Å². The first-order valence-electron chi connectivity index (χ1n) is 10.4. The molecule has 2 aliphatic rings. The maximum atomic E-state index is 12.6. The maximum Gasteiger partial charge on any atom is 0.225 e. The fraction of sp³-hybridized carbons (Fsp3) is 0.600. The summed E-state index contributed by atoms with van der Waals surface area (Å²) >= 11 is 0. The average molecular weight is 527 g/mol. The zero-order valence-electron chi connectivity index (χ0n) is 17.3. The van der Waals surface area contributed by atoms with Crippen molar-refractivity contribution in [3.63, 3.8) is 0 Å². The van der Waals surface area contributed by atoms with Gasteiger partial charge in [0.15, 0.2) is 11.7 Å². The Balaban J connectivity index is 0.00000256. The van der Waals surface area contributed by atoms with Gasteiger partial charge in [0.2, 0.25) is 11.7 Å². The van der Waals surface area contributed by atoms with Gasteiger partial charge in [-0.05, 0) is 31.4 Å². The van der Waals surface area contributed by atoms with Gasteiger partial charge >= 0.3 is 0 Å². The molecule has 1 saturated heterocycles. The summed E-state index contributed by atoms with van der Waals surface area (Å²) in [7, 11) is 1.76. The lowest BCUT2D eigenvalue weighted by molar-refractivity contribution is -0.134. The molecule has 2 aromatic heterocycles. The molecule has 164 valence electrons. The van der Waals surface area contributed by atoms with Gasteiger partial charge in [-0.1, -0.05) is 12.8 Å². The van der Waals surface area contributed by atoms with Crippen LogP contribution in [-0.4, -0.2) is 64.7 Å². The van der Waals surface area contributed by atoms with Crippen LogP contribution in [0.5, 0.6) is 0 Å². The molecule has 2 fully saturated rings. The number of guanidine groups is 1. The van der Waals surface area contributed by atoms with Gasteiger partial charge in [-0.25, -0.2) is 4.98 Å². The lowest BCUT2D eigenvalue weighted by Crippen LogP contribution is -2.45. The molecule has 0 spiro atoms. The molecule has 3 N–H and O–H groups in total. The fourth-order valence-electron chi connectivity index (χ4n) is 4.12. The molecule has 2 aromatic rings. The molecular weight excluding hydrogens is 497 g/mol. The SMILES string of the molecule is CN=C(NCCc1nc(-c2ccco2)n[nH]1)NC1CCN(C(=O)C2CCCC2)C1.I. The van der Waals surface area contributed by atoms with Crippen LogP contribution in [0.2, 0.25) is 0 Å². The number of likely N-dealkylation sites (tertiary alicyclic amines) is 1. The molecule has 3 heterocycles. The van der Waals surface area contributed by atoms with E-state index in [4.69, 9.17) is 4.42 Å². The highest BCUT2D eigenvalue weighted by Gasteiger charge is 2.32. The highest BCUT2D eigenvalue weighted by atomic mass is 127. The summed E-state index contributed by atoms with van der Waals surface area (Å²) in [5, 5.41) is 13.9. The van der Waals surface area contributed by atoms with Crippen LogP contribution in [0, 0.1) is 5.92 Å². The summed E-state index contributed by atoms with van der Waals surface area (Å²) in [6, 6.07) is 3.88. The molecular formula is C20H30IN7O2. The van der Waals surface area contributed by atoms with Gasteiger partial charge < -0.3 is 20.0 Å². The van der Waals surface area contributed by atoms with E-state index in [1.807, 2.05) is 17.0 Å². The van der Waals surface area contributed by atoms with Gasteiger partial charge in [-0.15, -0.1) is 24.0 Å².